The molecule has 1 aromatic carbocycles. The first-order valence-corrected chi connectivity index (χ1v) is 6.99. The van der Waals surface area contributed by atoms with Gasteiger partial charge in [0.15, 0.2) is 0 Å². The molecule has 1 unspecified atom stereocenters. The van der Waals surface area contributed by atoms with Crippen molar-refractivity contribution in [2.75, 3.05) is 0 Å². The van der Waals surface area contributed by atoms with Crippen LogP contribution in [0.4, 0.5) is 18.0 Å². The van der Waals surface area contributed by atoms with Crippen molar-refractivity contribution < 1.29 is 22.8 Å². The van der Waals surface area contributed by atoms with Crippen LogP contribution < -0.4 is 5.32 Å². The summed E-state index contributed by atoms with van der Waals surface area (Å²) in [5.41, 5.74) is -2.95. The van der Waals surface area contributed by atoms with Crippen molar-refractivity contribution in [3.05, 3.63) is 53.9 Å². The Balaban J connectivity index is 2.03. The molecule has 1 atom stereocenters. The third-order valence-corrected chi connectivity index (χ3v) is 3.84. The van der Waals surface area contributed by atoms with E-state index in [2.05, 4.69) is 5.10 Å². The third-order valence-electron chi connectivity index (χ3n) is 3.84. The topological polar surface area (TPSA) is 67.2 Å². The highest BCUT2D eigenvalue weighted by molar-refractivity contribution is 6.08. The van der Waals surface area contributed by atoms with E-state index in [1.54, 1.807) is 7.05 Å². The Morgan fingerprint density at radius 3 is 2.42 bits per heavy atom. The molecule has 126 valence electrons. The van der Waals surface area contributed by atoms with Crippen molar-refractivity contribution in [3.8, 4) is 0 Å². The van der Waals surface area contributed by atoms with Crippen LogP contribution >= 0.6 is 0 Å². The Labute approximate surface area is 134 Å². The van der Waals surface area contributed by atoms with Crippen molar-refractivity contribution in [2.45, 2.75) is 18.3 Å². The number of amides is 3. The van der Waals surface area contributed by atoms with Crippen LogP contribution in [-0.2, 0) is 23.9 Å². The lowest BCUT2D eigenvalue weighted by Crippen LogP contribution is -2.55. The lowest BCUT2D eigenvalue weighted by Gasteiger charge is -2.29. The number of nitrogens with one attached hydrogen (secondary N) is 1. The number of nitrogens with zero attached hydrogens (tertiary/aromatic N) is 3. The second-order valence-electron chi connectivity index (χ2n) is 5.46. The number of carbonyl (C=O) groups is 2. The van der Waals surface area contributed by atoms with Crippen LogP contribution in [0, 0.1) is 0 Å². The fraction of sp³-hybridized carbons (Fsp3) is 0.267. The average Bonchev–Trinajstić information content (AvgIpc) is 3.04. The van der Waals surface area contributed by atoms with E-state index in [9.17, 15) is 22.8 Å². The predicted octanol–water partition coefficient (Wildman–Crippen LogP) is 1.93. The van der Waals surface area contributed by atoms with Gasteiger partial charge in [0, 0.05) is 18.8 Å². The van der Waals surface area contributed by atoms with E-state index >= 15 is 0 Å². The fourth-order valence-corrected chi connectivity index (χ4v) is 2.70. The number of hydrogen-bond acceptors (Lipinski definition) is 3. The first-order valence-electron chi connectivity index (χ1n) is 6.99. The smallest absolute Gasteiger partial charge is 0.312 e. The van der Waals surface area contributed by atoms with Gasteiger partial charge in [0.25, 0.3) is 5.91 Å². The zero-order chi connectivity index (χ0) is 17.5. The number of benzene rings is 1. The van der Waals surface area contributed by atoms with E-state index in [-0.39, 0.29) is 12.1 Å². The number of alkyl halides is 3. The molecule has 1 fully saturated rings. The van der Waals surface area contributed by atoms with Gasteiger partial charge in [-0.3, -0.25) is 14.4 Å². The Kier molecular flexibility index (Phi) is 3.58. The number of aromatic nitrogens is 2. The van der Waals surface area contributed by atoms with Crippen LogP contribution in [0.25, 0.3) is 0 Å². The number of rotatable bonds is 3. The molecular weight excluding hydrogens is 325 g/mol. The van der Waals surface area contributed by atoms with Gasteiger partial charge >= 0.3 is 12.2 Å². The summed E-state index contributed by atoms with van der Waals surface area (Å²) >= 11 is 0. The molecule has 0 saturated carbocycles. The van der Waals surface area contributed by atoms with E-state index in [4.69, 9.17) is 0 Å². The van der Waals surface area contributed by atoms with E-state index in [1.165, 1.54) is 47.4 Å². The molecule has 9 heteroatoms. The van der Waals surface area contributed by atoms with Gasteiger partial charge < -0.3 is 5.32 Å². The minimum atomic E-state index is -4.98. The van der Waals surface area contributed by atoms with E-state index in [0.29, 0.717) is 10.5 Å². The molecule has 0 aliphatic carbocycles. The molecule has 2 aromatic rings. The fourth-order valence-electron chi connectivity index (χ4n) is 2.70. The maximum Gasteiger partial charge on any atom is 0.425 e. The Morgan fingerprint density at radius 1 is 1.21 bits per heavy atom. The third kappa shape index (κ3) is 2.32. The first kappa shape index (κ1) is 16.0. The first-order chi connectivity index (χ1) is 11.3. The van der Waals surface area contributed by atoms with E-state index in [1.807, 2.05) is 5.32 Å². The van der Waals surface area contributed by atoms with Crippen molar-refractivity contribution >= 4 is 11.9 Å². The molecule has 0 radical (unpaired) electrons. The zero-order valence-electron chi connectivity index (χ0n) is 12.5. The van der Waals surface area contributed by atoms with Gasteiger partial charge in [-0.25, -0.2) is 4.79 Å². The van der Waals surface area contributed by atoms with Gasteiger partial charge in [-0.15, -0.1) is 0 Å². The Morgan fingerprint density at radius 2 is 1.88 bits per heavy atom. The quantitative estimate of drug-likeness (QED) is 0.870. The largest absolute Gasteiger partial charge is 0.425 e. The van der Waals surface area contributed by atoms with Crippen LogP contribution in [0.5, 0.6) is 0 Å². The molecule has 3 amide bonds. The molecule has 0 bridgehead atoms. The van der Waals surface area contributed by atoms with Gasteiger partial charge in [-0.2, -0.15) is 18.3 Å². The lowest BCUT2D eigenvalue weighted by molar-refractivity contribution is -0.198. The monoisotopic (exact) mass is 338 g/mol. The summed E-state index contributed by atoms with van der Waals surface area (Å²) in [6, 6.07) is 5.53. The summed E-state index contributed by atoms with van der Waals surface area (Å²) < 4.78 is 42.7. The molecule has 1 saturated heterocycles. The Hall–Kier alpha value is -2.84. The molecule has 1 N–H and O–H groups in total. The number of imide groups is 1. The van der Waals surface area contributed by atoms with Crippen molar-refractivity contribution in [2.24, 2.45) is 7.05 Å². The van der Waals surface area contributed by atoms with Crippen molar-refractivity contribution in [1.29, 1.82) is 0 Å². The van der Waals surface area contributed by atoms with E-state index in [0.717, 1.165) is 0 Å². The molecule has 3 rings (SSSR count). The molecule has 1 aliphatic heterocycles. The number of aryl methyl sites for hydroxylation is 1. The van der Waals surface area contributed by atoms with Gasteiger partial charge in [-0.1, -0.05) is 30.3 Å². The van der Waals surface area contributed by atoms with Gasteiger partial charge in [0.05, 0.1) is 12.7 Å². The van der Waals surface area contributed by atoms with Gasteiger partial charge in [-0.05, 0) is 5.56 Å². The molecule has 1 aliphatic rings. The highest BCUT2D eigenvalue weighted by atomic mass is 19.4. The van der Waals surface area contributed by atoms with Crippen LogP contribution in [0.1, 0.15) is 11.1 Å². The lowest BCUT2D eigenvalue weighted by atomic mass is 9.89. The standard InChI is InChI=1S/C15H13F3N4O2/c1-21-8-10(7-19-21)9-22-12(23)14(15(16,17)18,20-13(22)24)11-5-3-2-4-6-11/h2-8H,9H2,1H3,(H,20,24). The van der Waals surface area contributed by atoms with Gasteiger partial charge in [0.1, 0.15) is 0 Å². The zero-order valence-corrected chi connectivity index (χ0v) is 12.5. The molecule has 2 heterocycles. The highest BCUT2D eigenvalue weighted by Crippen LogP contribution is 2.43. The van der Waals surface area contributed by atoms with Crippen LogP contribution in [0.3, 0.4) is 0 Å². The number of hydrogen-bond donors (Lipinski definition) is 1. The Bertz CT molecular complexity index is 788. The van der Waals surface area contributed by atoms with Crippen molar-refractivity contribution in [3.63, 3.8) is 0 Å². The summed E-state index contributed by atoms with van der Waals surface area (Å²) in [5, 5.41) is 5.71. The second-order valence-corrected chi connectivity index (χ2v) is 5.46. The summed E-state index contributed by atoms with van der Waals surface area (Å²) in [7, 11) is 1.62. The number of carbonyl (C=O) groups excluding carboxylic acids is 2. The maximum atomic E-state index is 13.8. The van der Waals surface area contributed by atoms with Gasteiger partial charge in [0.2, 0.25) is 5.54 Å². The molecule has 6 nitrogen and oxygen atoms in total. The summed E-state index contributed by atoms with van der Waals surface area (Å²) in [5.74, 6) is -1.35. The van der Waals surface area contributed by atoms with Crippen LogP contribution in [-0.4, -0.2) is 32.8 Å². The summed E-state index contributed by atoms with van der Waals surface area (Å²) in [4.78, 5) is 25.2. The van der Waals surface area contributed by atoms with Crippen LogP contribution in [0.15, 0.2) is 42.7 Å². The second kappa shape index (κ2) is 5.36. The van der Waals surface area contributed by atoms with Crippen molar-refractivity contribution in [1.82, 2.24) is 20.0 Å². The summed E-state index contributed by atoms with van der Waals surface area (Å²) in [6.07, 6.45) is -2.07. The minimum Gasteiger partial charge on any atom is -0.312 e. The average molecular weight is 338 g/mol. The summed E-state index contributed by atoms with van der Waals surface area (Å²) in [6.45, 7) is -0.289. The number of urea groups is 1. The van der Waals surface area contributed by atoms with Crippen LogP contribution in [0.2, 0.25) is 0 Å². The molecule has 1 aromatic heterocycles. The van der Waals surface area contributed by atoms with E-state index < -0.39 is 23.7 Å². The SMILES string of the molecule is Cn1cc(CN2C(=O)NC(c3ccccc3)(C(F)(F)F)C2=O)cn1. The minimum absolute atomic E-state index is 0.289. The molecule has 24 heavy (non-hydrogen) atoms. The predicted molar refractivity (Wildman–Crippen MR) is 76.5 cm³/mol. The highest BCUT2D eigenvalue weighted by Gasteiger charge is 2.68. The normalized spacial score (nSPS) is 21.2. The maximum absolute atomic E-state index is 13.8. The molecular formula is C15H13F3N4O2. The number of halogens is 3. The molecule has 0 spiro atoms.